The topological polar surface area (TPSA) is 66.2 Å². The molecule has 3 aromatic rings. The summed E-state index contributed by atoms with van der Waals surface area (Å²) in [7, 11) is 0. The van der Waals surface area contributed by atoms with E-state index in [1.807, 2.05) is 41.4 Å². The molecule has 2 atom stereocenters. The molecule has 0 unspecified atom stereocenters. The Hall–Kier alpha value is -2.77. The van der Waals surface area contributed by atoms with E-state index >= 15 is 0 Å². The van der Waals surface area contributed by atoms with Crippen molar-refractivity contribution in [3.8, 4) is 0 Å². The molecule has 4 rings (SSSR count). The number of β-amino-alcohol motifs (C(OH)–C–C–N with tert-alkyl or cyclic N) is 1. The lowest BCUT2D eigenvalue weighted by molar-refractivity contribution is 0.219. The third kappa shape index (κ3) is 3.56. The Morgan fingerprint density at radius 3 is 2.78 bits per heavy atom. The van der Waals surface area contributed by atoms with Crippen molar-refractivity contribution >= 4 is 17.3 Å². The van der Waals surface area contributed by atoms with Crippen molar-refractivity contribution in [1.29, 1.82) is 0 Å². The minimum absolute atomic E-state index is 0.0383. The zero-order valence-electron chi connectivity index (χ0n) is 14.8. The number of thiocarbonyl (C=S) groups is 1. The van der Waals surface area contributed by atoms with Crippen LogP contribution in [0.1, 0.15) is 29.0 Å². The Morgan fingerprint density at radius 2 is 2.04 bits per heavy atom. The summed E-state index contributed by atoms with van der Waals surface area (Å²) in [6.45, 7) is 1.23. The van der Waals surface area contributed by atoms with Crippen molar-refractivity contribution in [2.75, 3.05) is 13.2 Å². The molecule has 138 valence electrons. The maximum absolute atomic E-state index is 9.56. The van der Waals surface area contributed by atoms with Crippen molar-refractivity contribution in [2.45, 2.75) is 18.6 Å². The van der Waals surface area contributed by atoms with Crippen LogP contribution >= 0.6 is 12.2 Å². The predicted octanol–water partition coefficient (Wildman–Crippen LogP) is 2.29. The lowest BCUT2D eigenvalue weighted by Crippen LogP contribution is -2.33. The van der Waals surface area contributed by atoms with Crippen LogP contribution in [0, 0.1) is 0 Å². The highest BCUT2D eigenvalue weighted by Gasteiger charge is 2.40. The first-order valence-electron chi connectivity index (χ1n) is 8.91. The molecule has 0 bridgehead atoms. The van der Waals surface area contributed by atoms with Gasteiger partial charge < -0.3 is 19.9 Å². The van der Waals surface area contributed by atoms with E-state index in [4.69, 9.17) is 12.2 Å². The summed E-state index contributed by atoms with van der Waals surface area (Å²) in [5.74, 6) is 0. The van der Waals surface area contributed by atoms with Crippen LogP contribution in [0.5, 0.6) is 0 Å². The van der Waals surface area contributed by atoms with Crippen LogP contribution in [-0.4, -0.2) is 42.8 Å². The third-order valence-electron chi connectivity index (χ3n) is 4.78. The second-order valence-corrected chi connectivity index (χ2v) is 6.85. The van der Waals surface area contributed by atoms with Crippen molar-refractivity contribution < 1.29 is 5.11 Å². The number of rotatable bonds is 6. The number of pyridine rings is 2. The van der Waals surface area contributed by atoms with Crippen molar-refractivity contribution in [2.24, 2.45) is 0 Å². The summed E-state index contributed by atoms with van der Waals surface area (Å²) in [5.41, 5.74) is 3.18. The van der Waals surface area contributed by atoms with E-state index in [0.29, 0.717) is 11.7 Å². The number of nitrogens with one attached hydrogen (secondary N) is 1. The lowest BCUT2D eigenvalue weighted by atomic mass is 10.0. The zero-order chi connectivity index (χ0) is 18.6. The van der Waals surface area contributed by atoms with Gasteiger partial charge in [-0.05, 0) is 48.1 Å². The SMILES string of the molecule is OCCN1C(=S)N[C@@H](c2ccccn2)[C@H]1c1cccn1Cc1cccnc1. The Morgan fingerprint density at radius 1 is 1.11 bits per heavy atom. The number of nitrogens with zero attached hydrogens (tertiary/aromatic N) is 4. The number of aromatic nitrogens is 3. The van der Waals surface area contributed by atoms with Crippen LogP contribution in [0.3, 0.4) is 0 Å². The summed E-state index contributed by atoms with van der Waals surface area (Å²) in [4.78, 5) is 10.8. The van der Waals surface area contributed by atoms with Gasteiger partial charge in [-0.1, -0.05) is 12.1 Å². The van der Waals surface area contributed by atoms with Crippen LogP contribution in [0.15, 0.2) is 67.3 Å². The maximum atomic E-state index is 9.56. The molecule has 1 saturated heterocycles. The van der Waals surface area contributed by atoms with Gasteiger partial charge in [0.2, 0.25) is 0 Å². The molecule has 0 aromatic carbocycles. The molecule has 27 heavy (non-hydrogen) atoms. The molecule has 2 N–H and O–H groups in total. The van der Waals surface area contributed by atoms with Gasteiger partial charge >= 0.3 is 0 Å². The molecule has 3 aromatic heterocycles. The van der Waals surface area contributed by atoms with Crippen LogP contribution in [0.25, 0.3) is 0 Å². The quantitative estimate of drug-likeness (QED) is 0.641. The van der Waals surface area contributed by atoms with Gasteiger partial charge in [0, 0.05) is 43.6 Å². The average Bonchev–Trinajstić information content (AvgIpc) is 3.28. The molecule has 7 heteroatoms. The second-order valence-electron chi connectivity index (χ2n) is 6.47. The van der Waals surface area contributed by atoms with Crippen molar-refractivity contribution in [1.82, 2.24) is 24.8 Å². The Bertz CT molecular complexity index is 899. The number of aliphatic hydroxyl groups is 1. The average molecular weight is 379 g/mol. The first-order valence-corrected chi connectivity index (χ1v) is 9.31. The van der Waals surface area contributed by atoms with Gasteiger partial charge in [0.05, 0.1) is 24.4 Å². The Balaban J connectivity index is 1.72. The van der Waals surface area contributed by atoms with Crippen LogP contribution in [0.2, 0.25) is 0 Å². The van der Waals surface area contributed by atoms with E-state index in [-0.39, 0.29) is 18.7 Å². The molecule has 0 spiro atoms. The molecule has 0 amide bonds. The lowest BCUT2D eigenvalue weighted by Gasteiger charge is -2.28. The fourth-order valence-electron chi connectivity index (χ4n) is 3.60. The Kier molecular flexibility index (Phi) is 5.13. The molecule has 0 aliphatic carbocycles. The maximum Gasteiger partial charge on any atom is 0.170 e. The molecule has 1 fully saturated rings. The predicted molar refractivity (Wildman–Crippen MR) is 107 cm³/mol. The highest BCUT2D eigenvalue weighted by molar-refractivity contribution is 7.80. The van der Waals surface area contributed by atoms with Gasteiger partial charge in [-0.15, -0.1) is 0 Å². The largest absolute Gasteiger partial charge is 0.395 e. The summed E-state index contributed by atoms with van der Waals surface area (Å²) in [6, 6.07) is 13.9. The van der Waals surface area contributed by atoms with Gasteiger partial charge in [0.15, 0.2) is 5.11 Å². The molecule has 6 nitrogen and oxygen atoms in total. The van der Waals surface area contributed by atoms with E-state index in [9.17, 15) is 5.11 Å². The van der Waals surface area contributed by atoms with Gasteiger partial charge in [-0.25, -0.2) is 0 Å². The molecule has 0 saturated carbocycles. The number of aliphatic hydroxyl groups excluding tert-OH is 1. The smallest absolute Gasteiger partial charge is 0.170 e. The zero-order valence-corrected chi connectivity index (χ0v) is 15.6. The van der Waals surface area contributed by atoms with Crippen molar-refractivity contribution in [3.05, 3.63) is 84.2 Å². The highest BCUT2D eigenvalue weighted by atomic mass is 32.1. The first kappa shape index (κ1) is 17.6. The van der Waals surface area contributed by atoms with Gasteiger partial charge in [0.1, 0.15) is 0 Å². The van der Waals surface area contributed by atoms with E-state index in [2.05, 4.69) is 38.2 Å². The minimum Gasteiger partial charge on any atom is -0.395 e. The standard InChI is InChI=1S/C20H21N5OS/c26-12-11-25-19(18(23-20(25)27)16-6-1-2-9-22-16)17-7-4-10-24(17)14-15-5-3-8-21-13-15/h1-10,13,18-19,26H,11-12,14H2,(H,23,27)/t18-,19+/m0/s1. The molecule has 4 heterocycles. The van der Waals surface area contributed by atoms with Crippen LogP contribution < -0.4 is 5.32 Å². The molecule has 1 aliphatic rings. The van der Waals surface area contributed by atoms with Crippen molar-refractivity contribution in [3.63, 3.8) is 0 Å². The second kappa shape index (κ2) is 7.85. The summed E-state index contributed by atoms with van der Waals surface area (Å²) in [5, 5.41) is 13.6. The van der Waals surface area contributed by atoms with Crippen LogP contribution in [0.4, 0.5) is 0 Å². The monoisotopic (exact) mass is 379 g/mol. The molecule has 1 aliphatic heterocycles. The summed E-state index contributed by atoms with van der Waals surface area (Å²) >= 11 is 5.56. The number of hydrogen-bond acceptors (Lipinski definition) is 4. The molecular weight excluding hydrogens is 358 g/mol. The summed E-state index contributed by atoms with van der Waals surface area (Å²) < 4.78 is 2.21. The van der Waals surface area contributed by atoms with E-state index in [1.165, 1.54) is 0 Å². The van der Waals surface area contributed by atoms with Gasteiger partial charge in [-0.2, -0.15) is 0 Å². The van der Waals surface area contributed by atoms with Gasteiger partial charge in [-0.3, -0.25) is 9.97 Å². The third-order valence-corrected chi connectivity index (χ3v) is 5.13. The van der Waals surface area contributed by atoms with E-state index in [0.717, 1.165) is 23.5 Å². The normalized spacial score (nSPS) is 19.3. The minimum atomic E-state index is -0.0761. The Labute approximate surface area is 163 Å². The van der Waals surface area contributed by atoms with E-state index < -0.39 is 0 Å². The van der Waals surface area contributed by atoms with Gasteiger partial charge in [0.25, 0.3) is 0 Å². The fraction of sp³-hybridized carbons (Fsp3) is 0.250. The number of hydrogen-bond donors (Lipinski definition) is 2. The molecule has 0 radical (unpaired) electrons. The molecular formula is C20H21N5OS. The van der Waals surface area contributed by atoms with Crippen LogP contribution in [-0.2, 0) is 6.54 Å². The summed E-state index contributed by atoms with van der Waals surface area (Å²) in [6.07, 6.45) is 7.51. The first-order chi connectivity index (χ1) is 13.3. The highest BCUT2D eigenvalue weighted by Crippen LogP contribution is 2.38. The van der Waals surface area contributed by atoms with E-state index in [1.54, 1.807) is 12.4 Å². The fourth-order valence-corrected chi connectivity index (χ4v) is 3.94.